The summed E-state index contributed by atoms with van der Waals surface area (Å²) >= 11 is 3.21. The van der Waals surface area contributed by atoms with Gasteiger partial charge in [-0.3, -0.25) is 4.99 Å². The number of hydrogen-bond acceptors (Lipinski definition) is 2. The van der Waals surface area contributed by atoms with Crippen molar-refractivity contribution in [2.75, 3.05) is 6.54 Å². The Morgan fingerprint density at radius 2 is 2.36 bits per heavy atom. The van der Waals surface area contributed by atoms with E-state index in [-0.39, 0.29) is 5.82 Å². The standard InChI is InChI=1S/C10H10BrFN2/c1-6-5-13-10(14-6)7-3-2-4-8(12)9(7)11/h2-4,6H,5H2,1H3,(H,13,14). The lowest BCUT2D eigenvalue weighted by atomic mass is 10.2. The molecule has 0 spiro atoms. The minimum absolute atomic E-state index is 0.258. The van der Waals surface area contributed by atoms with Gasteiger partial charge in [-0.25, -0.2) is 4.39 Å². The van der Waals surface area contributed by atoms with Gasteiger partial charge in [0.15, 0.2) is 0 Å². The first-order valence-electron chi connectivity index (χ1n) is 4.44. The molecule has 1 aromatic carbocycles. The summed E-state index contributed by atoms with van der Waals surface area (Å²) in [6, 6.07) is 5.28. The third-order valence-electron chi connectivity index (χ3n) is 2.11. The number of hydrogen-bond donors (Lipinski definition) is 1. The maximum atomic E-state index is 13.2. The number of nitrogens with one attached hydrogen (secondary N) is 1. The van der Waals surface area contributed by atoms with E-state index in [0.717, 1.165) is 17.9 Å². The quantitative estimate of drug-likeness (QED) is 0.820. The molecule has 2 nitrogen and oxygen atoms in total. The van der Waals surface area contributed by atoms with Gasteiger partial charge in [0.05, 0.1) is 11.0 Å². The lowest BCUT2D eigenvalue weighted by molar-refractivity contribution is 0.620. The van der Waals surface area contributed by atoms with Gasteiger partial charge < -0.3 is 5.32 Å². The second-order valence-electron chi connectivity index (χ2n) is 3.34. The van der Waals surface area contributed by atoms with Crippen LogP contribution in [0.1, 0.15) is 12.5 Å². The molecule has 0 aromatic heterocycles. The molecule has 0 aliphatic carbocycles. The Bertz CT molecular complexity index is 390. The molecule has 74 valence electrons. The van der Waals surface area contributed by atoms with Crippen molar-refractivity contribution in [1.29, 1.82) is 0 Å². The third-order valence-corrected chi connectivity index (χ3v) is 2.92. The van der Waals surface area contributed by atoms with Gasteiger partial charge in [-0.2, -0.15) is 0 Å². The smallest absolute Gasteiger partial charge is 0.138 e. The van der Waals surface area contributed by atoms with Gasteiger partial charge in [-0.15, -0.1) is 0 Å². The summed E-state index contributed by atoms with van der Waals surface area (Å²) < 4.78 is 13.7. The Kier molecular flexibility index (Phi) is 2.54. The molecule has 1 unspecified atom stereocenters. The highest BCUT2D eigenvalue weighted by atomic mass is 79.9. The first-order chi connectivity index (χ1) is 6.68. The normalized spacial score (nSPS) is 20.5. The third kappa shape index (κ3) is 1.66. The molecule has 14 heavy (non-hydrogen) atoms. The van der Waals surface area contributed by atoms with E-state index in [9.17, 15) is 4.39 Å². The molecule has 0 bridgehead atoms. The zero-order chi connectivity index (χ0) is 10.1. The first-order valence-corrected chi connectivity index (χ1v) is 5.23. The van der Waals surface area contributed by atoms with Crippen LogP contribution in [0, 0.1) is 5.82 Å². The molecule has 0 amide bonds. The zero-order valence-electron chi connectivity index (χ0n) is 7.72. The minimum atomic E-state index is -0.258. The Hall–Kier alpha value is -0.900. The molecule has 1 heterocycles. The van der Waals surface area contributed by atoms with Crippen molar-refractivity contribution in [2.24, 2.45) is 4.99 Å². The maximum absolute atomic E-state index is 13.2. The van der Waals surface area contributed by atoms with E-state index < -0.39 is 0 Å². The van der Waals surface area contributed by atoms with E-state index in [4.69, 9.17) is 0 Å². The molecule has 1 N–H and O–H groups in total. The van der Waals surface area contributed by atoms with Crippen molar-refractivity contribution >= 4 is 21.8 Å². The van der Waals surface area contributed by atoms with Crippen LogP contribution in [-0.2, 0) is 0 Å². The predicted molar refractivity (Wildman–Crippen MR) is 58.1 cm³/mol. The van der Waals surface area contributed by atoms with Crippen molar-refractivity contribution in [3.05, 3.63) is 34.1 Å². The summed E-state index contributed by atoms with van der Waals surface area (Å²) in [6.45, 7) is 2.79. The Morgan fingerprint density at radius 1 is 1.57 bits per heavy atom. The summed E-state index contributed by atoms with van der Waals surface area (Å²) in [6.07, 6.45) is 0. The van der Waals surface area contributed by atoms with E-state index in [1.165, 1.54) is 6.07 Å². The number of amidine groups is 1. The van der Waals surface area contributed by atoms with Crippen molar-refractivity contribution in [3.8, 4) is 0 Å². The summed E-state index contributed by atoms with van der Waals surface area (Å²) in [4.78, 5) is 4.30. The van der Waals surface area contributed by atoms with Gasteiger partial charge in [-0.05, 0) is 35.0 Å². The van der Waals surface area contributed by atoms with Gasteiger partial charge in [0.1, 0.15) is 11.7 Å². The summed E-state index contributed by atoms with van der Waals surface area (Å²) in [7, 11) is 0. The second kappa shape index (κ2) is 3.69. The van der Waals surface area contributed by atoms with Gasteiger partial charge in [-0.1, -0.05) is 6.07 Å². The van der Waals surface area contributed by atoms with E-state index in [2.05, 4.69) is 26.2 Å². The lowest BCUT2D eigenvalue weighted by Crippen LogP contribution is -2.28. The molecule has 1 aliphatic heterocycles. The number of aliphatic imine (C=N–C) groups is 1. The monoisotopic (exact) mass is 256 g/mol. The Balaban J connectivity index is 2.38. The fourth-order valence-corrected chi connectivity index (χ4v) is 1.85. The molecule has 1 aromatic rings. The van der Waals surface area contributed by atoms with Crippen LogP contribution in [0.5, 0.6) is 0 Å². The first kappa shape index (κ1) is 9.65. The number of halogens is 2. The van der Waals surface area contributed by atoms with Crippen molar-refractivity contribution in [2.45, 2.75) is 13.0 Å². The minimum Gasteiger partial charge on any atom is -0.366 e. The molecule has 1 atom stereocenters. The lowest BCUT2D eigenvalue weighted by Gasteiger charge is -2.07. The van der Waals surface area contributed by atoms with Crippen LogP contribution >= 0.6 is 15.9 Å². The molecule has 0 radical (unpaired) electrons. The van der Waals surface area contributed by atoms with Gasteiger partial charge >= 0.3 is 0 Å². The van der Waals surface area contributed by atoms with Crippen LogP contribution in [0.4, 0.5) is 4.39 Å². The topological polar surface area (TPSA) is 24.4 Å². The van der Waals surface area contributed by atoms with Crippen LogP contribution in [0.3, 0.4) is 0 Å². The zero-order valence-corrected chi connectivity index (χ0v) is 9.31. The largest absolute Gasteiger partial charge is 0.366 e. The average molecular weight is 257 g/mol. The van der Waals surface area contributed by atoms with Crippen LogP contribution in [0.2, 0.25) is 0 Å². The molecular weight excluding hydrogens is 247 g/mol. The van der Waals surface area contributed by atoms with Crippen LogP contribution in [-0.4, -0.2) is 18.4 Å². The highest BCUT2D eigenvalue weighted by molar-refractivity contribution is 9.10. The van der Waals surface area contributed by atoms with Crippen molar-refractivity contribution < 1.29 is 4.39 Å². The molecule has 0 saturated heterocycles. The van der Waals surface area contributed by atoms with E-state index in [0.29, 0.717) is 10.5 Å². The van der Waals surface area contributed by atoms with E-state index in [1.807, 2.05) is 13.0 Å². The molecular formula is C10H10BrFN2. The number of nitrogens with zero attached hydrogens (tertiary/aromatic N) is 1. The Labute approximate surface area is 90.4 Å². The van der Waals surface area contributed by atoms with Crippen LogP contribution < -0.4 is 5.32 Å². The van der Waals surface area contributed by atoms with E-state index >= 15 is 0 Å². The average Bonchev–Trinajstić information content (AvgIpc) is 2.57. The summed E-state index contributed by atoms with van der Waals surface area (Å²) in [5, 5.41) is 3.19. The summed E-state index contributed by atoms with van der Waals surface area (Å²) in [5.41, 5.74) is 0.786. The highest BCUT2D eigenvalue weighted by Crippen LogP contribution is 2.21. The van der Waals surface area contributed by atoms with Crippen molar-refractivity contribution in [1.82, 2.24) is 5.32 Å². The molecule has 0 saturated carbocycles. The highest BCUT2D eigenvalue weighted by Gasteiger charge is 2.17. The van der Waals surface area contributed by atoms with E-state index in [1.54, 1.807) is 6.07 Å². The van der Waals surface area contributed by atoms with Gasteiger partial charge in [0.2, 0.25) is 0 Å². The maximum Gasteiger partial charge on any atom is 0.138 e. The molecule has 0 fully saturated rings. The summed E-state index contributed by atoms with van der Waals surface area (Å²) in [5.74, 6) is 0.510. The Morgan fingerprint density at radius 3 is 3.00 bits per heavy atom. The number of benzene rings is 1. The predicted octanol–water partition coefficient (Wildman–Crippen LogP) is 2.33. The van der Waals surface area contributed by atoms with Crippen molar-refractivity contribution in [3.63, 3.8) is 0 Å². The van der Waals surface area contributed by atoms with Crippen LogP contribution in [0.25, 0.3) is 0 Å². The fraction of sp³-hybridized carbons (Fsp3) is 0.300. The molecule has 4 heteroatoms. The number of rotatable bonds is 1. The van der Waals surface area contributed by atoms with Crippen LogP contribution in [0.15, 0.2) is 27.7 Å². The molecule has 1 aliphatic rings. The van der Waals surface area contributed by atoms with Gasteiger partial charge in [0, 0.05) is 11.6 Å². The fourth-order valence-electron chi connectivity index (χ4n) is 1.40. The SMILES string of the molecule is CC1CN=C(c2cccc(F)c2Br)N1. The van der Waals surface area contributed by atoms with Gasteiger partial charge in [0.25, 0.3) is 0 Å². The molecule has 2 rings (SSSR count). The second-order valence-corrected chi connectivity index (χ2v) is 4.13.